The third kappa shape index (κ3) is 2.27. The Morgan fingerprint density at radius 1 is 1.38 bits per heavy atom. The first-order valence-electron chi connectivity index (χ1n) is 5.89. The molecule has 2 unspecified atom stereocenters. The van der Waals surface area contributed by atoms with Crippen LogP contribution in [0, 0.1) is 5.92 Å². The van der Waals surface area contributed by atoms with Crippen LogP contribution in [0.5, 0.6) is 5.75 Å². The van der Waals surface area contributed by atoms with E-state index in [1.165, 1.54) is 12.0 Å². The summed E-state index contributed by atoms with van der Waals surface area (Å²) in [5.74, 6) is 1.77. The molecule has 1 aliphatic rings. The smallest absolute Gasteiger partial charge is 0.119 e. The first kappa shape index (κ1) is 12.0. The number of halogens is 1. The molecule has 0 spiro atoms. The van der Waals surface area contributed by atoms with Crippen LogP contribution in [0.15, 0.2) is 24.3 Å². The normalized spacial score (nSPS) is 28.2. The van der Waals surface area contributed by atoms with Gasteiger partial charge in [-0.05, 0) is 49.3 Å². The van der Waals surface area contributed by atoms with Crippen LogP contribution in [0.3, 0.4) is 0 Å². The molecule has 16 heavy (non-hydrogen) atoms. The lowest BCUT2D eigenvalue weighted by Gasteiger charge is -2.13. The summed E-state index contributed by atoms with van der Waals surface area (Å²) in [6, 6.07) is 8.59. The van der Waals surface area contributed by atoms with Gasteiger partial charge in [0.25, 0.3) is 0 Å². The van der Waals surface area contributed by atoms with E-state index in [4.69, 9.17) is 4.74 Å². The van der Waals surface area contributed by atoms with Gasteiger partial charge in [0.2, 0.25) is 0 Å². The second-order valence-electron chi connectivity index (χ2n) is 5.16. The number of benzene rings is 1. The molecule has 0 N–H and O–H groups in total. The number of hydrogen-bond donors (Lipinski definition) is 0. The van der Waals surface area contributed by atoms with Crippen molar-refractivity contribution in [3.8, 4) is 5.75 Å². The Morgan fingerprint density at radius 2 is 2.00 bits per heavy atom. The molecule has 1 saturated carbocycles. The van der Waals surface area contributed by atoms with Gasteiger partial charge in [0.15, 0.2) is 0 Å². The van der Waals surface area contributed by atoms with Crippen LogP contribution in [0.1, 0.15) is 32.8 Å². The lowest BCUT2D eigenvalue weighted by Crippen LogP contribution is -2.07. The Morgan fingerprint density at radius 3 is 2.44 bits per heavy atom. The Kier molecular flexibility index (Phi) is 3.29. The average molecular weight is 283 g/mol. The summed E-state index contributed by atoms with van der Waals surface area (Å²) in [7, 11) is 0. The fourth-order valence-electron chi connectivity index (χ4n) is 2.22. The van der Waals surface area contributed by atoms with Crippen molar-refractivity contribution < 1.29 is 4.74 Å². The van der Waals surface area contributed by atoms with Crippen molar-refractivity contribution in [1.82, 2.24) is 0 Å². The summed E-state index contributed by atoms with van der Waals surface area (Å²) in [4.78, 5) is 0. The molecule has 0 aromatic heterocycles. The minimum absolute atomic E-state index is 0.248. The molecule has 2 rings (SSSR count). The van der Waals surface area contributed by atoms with Gasteiger partial charge in [0.05, 0.1) is 6.10 Å². The molecule has 0 heterocycles. The van der Waals surface area contributed by atoms with Crippen molar-refractivity contribution in [2.45, 2.75) is 38.7 Å². The first-order valence-corrected chi connectivity index (χ1v) is 7.01. The van der Waals surface area contributed by atoms with Crippen molar-refractivity contribution in [3.63, 3.8) is 0 Å². The molecule has 1 aromatic rings. The van der Waals surface area contributed by atoms with Crippen LogP contribution in [-0.4, -0.2) is 11.4 Å². The maximum Gasteiger partial charge on any atom is 0.119 e. The molecule has 0 bridgehead atoms. The second kappa shape index (κ2) is 4.40. The van der Waals surface area contributed by atoms with Gasteiger partial charge in [-0.2, -0.15) is 0 Å². The van der Waals surface area contributed by atoms with E-state index < -0.39 is 0 Å². The zero-order chi connectivity index (χ0) is 11.8. The van der Waals surface area contributed by atoms with Gasteiger partial charge in [0, 0.05) is 5.33 Å². The molecule has 0 radical (unpaired) electrons. The van der Waals surface area contributed by atoms with E-state index >= 15 is 0 Å². The Labute approximate surface area is 106 Å². The Bertz CT molecular complexity index is 358. The van der Waals surface area contributed by atoms with Crippen LogP contribution in [0.2, 0.25) is 0 Å². The predicted molar refractivity (Wildman–Crippen MR) is 71.5 cm³/mol. The summed E-state index contributed by atoms with van der Waals surface area (Å²) in [5.41, 5.74) is 1.83. The molecule has 2 atom stereocenters. The van der Waals surface area contributed by atoms with E-state index in [1.54, 1.807) is 0 Å². The summed E-state index contributed by atoms with van der Waals surface area (Å²) >= 11 is 3.57. The van der Waals surface area contributed by atoms with Crippen molar-refractivity contribution in [3.05, 3.63) is 29.8 Å². The van der Waals surface area contributed by atoms with Crippen LogP contribution < -0.4 is 4.74 Å². The standard InChI is InChI=1S/C14H19BrO/c1-10(2)16-13-6-4-11(5-7-13)14(3)8-12(14)9-15/h4-7,10,12H,8-9H2,1-3H3. The topological polar surface area (TPSA) is 9.23 Å². The molecule has 0 aliphatic heterocycles. The van der Waals surface area contributed by atoms with Crippen LogP contribution in [-0.2, 0) is 5.41 Å². The fourth-order valence-corrected chi connectivity index (χ4v) is 3.16. The van der Waals surface area contributed by atoms with E-state index in [0.717, 1.165) is 17.0 Å². The van der Waals surface area contributed by atoms with Crippen molar-refractivity contribution >= 4 is 15.9 Å². The van der Waals surface area contributed by atoms with Crippen LogP contribution in [0.25, 0.3) is 0 Å². The van der Waals surface area contributed by atoms with Crippen molar-refractivity contribution in [1.29, 1.82) is 0 Å². The minimum atomic E-state index is 0.248. The summed E-state index contributed by atoms with van der Waals surface area (Å²) < 4.78 is 5.65. The lowest BCUT2D eigenvalue weighted by molar-refractivity contribution is 0.242. The van der Waals surface area contributed by atoms with E-state index in [9.17, 15) is 0 Å². The van der Waals surface area contributed by atoms with Gasteiger partial charge >= 0.3 is 0 Å². The zero-order valence-corrected chi connectivity index (χ0v) is 11.8. The molecule has 88 valence electrons. The second-order valence-corrected chi connectivity index (χ2v) is 5.81. The summed E-state index contributed by atoms with van der Waals surface area (Å²) in [5, 5.41) is 1.10. The highest BCUT2D eigenvalue weighted by molar-refractivity contribution is 9.09. The van der Waals surface area contributed by atoms with Gasteiger partial charge in [-0.3, -0.25) is 0 Å². The highest BCUT2D eigenvalue weighted by atomic mass is 79.9. The monoisotopic (exact) mass is 282 g/mol. The SMILES string of the molecule is CC(C)Oc1ccc(C2(C)CC2CBr)cc1. The molecule has 0 amide bonds. The number of rotatable bonds is 4. The third-order valence-electron chi connectivity index (χ3n) is 3.48. The van der Waals surface area contributed by atoms with E-state index in [2.05, 4.69) is 61.0 Å². The predicted octanol–water partition coefficient (Wildman–Crippen LogP) is 4.15. The van der Waals surface area contributed by atoms with E-state index in [1.807, 2.05) is 0 Å². The van der Waals surface area contributed by atoms with E-state index in [0.29, 0.717) is 5.41 Å². The van der Waals surface area contributed by atoms with Crippen molar-refractivity contribution in [2.75, 3.05) is 5.33 Å². The Balaban J connectivity index is 2.09. The molecular formula is C14H19BrO. The average Bonchev–Trinajstić information content (AvgIpc) is 2.91. The zero-order valence-electron chi connectivity index (χ0n) is 10.2. The fraction of sp³-hybridized carbons (Fsp3) is 0.571. The lowest BCUT2D eigenvalue weighted by atomic mass is 9.96. The molecule has 1 nitrogen and oxygen atoms in total. The number of alkyl halides is 1. The van der Waals surface area contributed by atoms with Gasteiger partial charge < -0.3 is 4.74 Å². The molecular weight excluding hydrogens is 264 g/mol. The highest BCUT2D eigenvalue weighted by Gasteiger charge is 2.50. The van der Waals surface area contributed by atoms with Crippen LogP contribution >= 0.6 is 15.9 Å². The van der Waals surface area contributed by atoms with Crippen LogP contribution in [0.4, 0.5) is 0 Å². The minimum Gasteiger partial charge on any atom is -0.491 e. The summed E-state index contributed by atoms with van der Waals surface area (Å²) in [6.07, 6.45) is 1.54. The van der Waals surface area contributed by atoms with Gasteiger partial charge in [-0.1, -0.05) is 35.0 Å². The maximum atomic E-state index is 5.65. The number of hydrogen-bond acceptors (Lipinski definition) is 1. The highest BCUT2D eigenvalue weighted by Crippen LogP contribution is 2.54. The molecule has 2 heteroatoms. The molecule has 1 aromatic carbocycles. The molecule has 1 fully saturated rings. The molecule has 1 aliphatic carbocycles. The Hall–Kier alpha value is -0.500. The van der Waals surface area contributed by atoms with Gasteiger partial charge in [-0.25, -0.2) is 0 Å². The summed E-state index contributed by atoms with van der Waals surface area (Å²) in [6.45, 7) is 6.45. The van der Waals surface area contributed by atoms with Gasteiger partial charge in [-0.15, -0.1) is 0 Å². The van der Waals surface area contributed by atoms with Crippen molar-refractivity contribution in [2.24, 2.45) is 5.92 Å². The number of ether oxygens (including phenoxy) is 1. The maximum absolute atomic E-state index is 5.65. The van der Waals surface area contributed by atoms with Gasteiger partial charge in [0.1, 0.15) is 5.75 Å². The first-order chi connectivity index (χ1) is 7.56. The van der Waals surface area contributed by atoms with E-state index in [-0.39, 0.29) is 6.10 Å². The quantitative estimate of drug-likeness (QED) is 0.754. The largest absolute Gasteiger partial charge is 0.491 e. The molecule has 0 saturated heterocycles. The third-order valence-corrected chi connectivity index (χ3v) is 4.26.